The van der Waals surface area contributed by atoms with Gasteiger partial charge in [-0.25, -0.2) is 0 Å². The molecule has 0 saturated carbocycles. The zero-order valence-electron chi connectivity index (χ0n) is 20.9. The molecule has 206 valence electrons. The summed E-state index contributed by atoms with van der Waals surface area (Å²) in [6.07, 6.45) is -7.13. The third-order valence-corrected chi connectivity index (χ3v) is 7.36. The number of carbonyl (C=O) groups is 2. The van der Waals surface area contributed by atoms with Crippen molar-refractivity contribution in [3.05, 3.63) is 69.8 Å². The number of rotatable bonds is 5. The van der Waals surface area contributed by atoms with Crippen LogP contribution in [0.5, 0.6) is 5.75 Å². The molecule has 0 spiro atoms. The lowest BCUT2D eigenvalue weighted by Crippen LogP contribution is -2.32. The van der Waals surface area contributed by atoms with Crippen LogP contribution in [-0.2, 0) is 20.5 Å². The number of likely N-dealkylation sites (tertiary alicyclic amines) is 1. The monoisotopic (exact) mass is 564 g/mol. The lowest BCUT2D eigenvalue weighted by molar-refractivity contribution is -0.146. The maximum Gasteiger partial charge on any atom is 0.452 e. The zero-order valence-corrected chi connectivity index (χ0v) is 21.7. The average Bonchev–Trinajstić information content (AvgIpc) is 3.53. The Bertz CT molecular complexity index is 1440. The highest BCUT2D eigenvalue weighted by Crippen LogP contribution is 2.45. The molecule has 2 aliphatic heterocycles. The Morgan fingerprint density at radius 2 is 1.97 bits per heavy atom. The summed E-state index contributed by atoms with van der Waals surface area (Å²) in [5, 5.41) is 16.9. The molecule has 2 aliphatic rings. The number of fused-ring (bicyclic) bond motifs is 3. The maximum atomic E-state index is 14.1. The lowest BCUT2D eigenvalue weighted by atomic mass is 9.95. The number of carbonyl (C=O) groups excluding carboxylic acids is 1. The SMILES string of the molecule is COc1cccc([C@H]2O[C@H](CC(=O)N3CCC(C(=O)O)C3)c3nnc(C(F)(F)F)n3-c3ccc(Cl)cc32)c1C. The molecule has 1 aromatic heterocycles. The largest absolute Gasteiger partial charge is 0.496 e. The van der Waals surface area contributed by atoms with Crippen LogP contribution >= 0.6 is 11.6 Å². The lowest BCUT2D eigenvalue weighted by Gasteiger charge is -2.25. The van der Waals surface area contributed by atoms with E-state index in [0.717, 1.165) is 4.57 Å². The molecule has 1 saturated heterocycles. The Kier molecular flexibility index (Phi) is 7.02. The van der Waals surface area contributed by atoms with Gasteiger partial charge in [0.05, 0.1) is 25.1 Å². The molecule has 0 radical (unpaired) electrons. The fraction of sp³-hybridized carbons (Fsp3) is 0.385. The van der Waals surface area contributed by atoms with Gasteiger partial charge in [-0.05, 0) is 48.7 Å². The van der Waals surface area contributed by atoms with E-state index in [9.17, 15) is 27.9 Å². The van der Waals surface area contributed by atoms with E-state index in [1.54, 1.807) is 25.1 Å². The number of nitrogens with zero attached hydrogens (tertiary/aromatic N) is 4. The number of hydrogen-bond acceptors (Lipinski definition) is 6. The van der Waals surface area contributed by atoms with Crippen molar-refractivity contribution in [2.45, 2.75) is 38.1 Å². The van der Waals surface area contributed by atoms with Gasteiger partial charge in [0, 0.05) is 23.7 Å². The highest BCUT2D eigenvalue weighted by atomic mass is 35.5. The Balaban J connectivity index is 1.65. The molecule has 3 aromatic rings. The van der Waals surface area contributed by atoms with Gasteiger partial charge in [0.25, 0.3) is 0 Å². The Hall–Kier alpha value is -3.64. The second-order valence-corrected chi connectivity index (χ2v) is 9.90. The van der Waals surface area contributed by atoms with Crippen molar-refractivity contribution in [2.24, 2.45) is 5.92 Å². The van der Waals surface area contributed by atoms with Gasteiger partial charge in [0.1, 0.15) is 18.0 Å². The summed E-state index contributed by atoms with van der Waals surface area (Å²) < 4.78 is 55.1. The number of hydrogen-bond donors (Lipinski definition) is 1. The van der Waals surface area contributed by atoms with Crippen molar-refractivity contribution in [1.29, 1.82) is 0 Å². The van der Waals surface area contributed by atoms with Crippen LogP contribution in [0.25, 0.3) is 5.69 Å². The minimum absolute atomic E-state index is 0.00956. The molecule has 5 rings (SSSR count). The van der Waals surface area contributed by atoms with E-state index < -0.39 is 42.0 Å². The molecule has 0 aliphatic carbocycles. The number of aliphatic carboxylic acids is 1. The number of alkyl halides is 3. The van der Waals surface area contributed by atoms with E-state index in [1.165, 1.54) is 30.2 Å². The van der Waals surface area contributed by atoms with Crippen molar-refractivity contribution in [2.75, 3.05) is 20.2 Å². The molecular weight excluding hydrogens is 541 g/mol. The van der Waals surface area contributed by atoms with Crippen LogP contribution < -0.4 is 4.74 Å². The molecule has 39 heavy (non-hydrogen) atoms. The minimum Gasteiger partial charge on any atom is -0.496 e. The normalized spacial score (nSPS) is 20.8. The van der Waals surface area contributed by atoms with Crippen LogP contribution in [0.15, 0.2) is 36.4 Å². The molecular formula is C26H24ClF3N4O5. The molecule has 0 bridgehead atoms. The molecule has 1 fully saturated rings. The first kappa shape index (κ1) is 26.9. The van der Waals surface area contributed by atoms with Crippen molar-refractivity contribution in [1.82, 2.24) is 19.7 Å². The fourth-order valence-electron chi connectivity index (χ4n) is 5.16. The Labute approximate surface area is 226 Å². The molecule has 3 atom stereocenters. The van der Waals surface area contributed by atoms with Crippen LogP contribution in [0.1, 0.15) is 53.4 Å². The minimum atomic E-state index is -4.86. The first-order valence-electron chi connectivity index (χ1n) is 12.1. The molecule has 1 N–H and O–H groups in total. The smallest absolute Gasteiger partial charge is 0.452 e. The Morgan fingerprint density at radius 3 is 2.64 bits per heavy atom. The number of aromatic nitrogens is 3. The van der Waals surface area contributed by atoms with Crippen molar-refractivity contribution < 1.29 is 37.3 Å². The molecule has 1 amide bonds. The summed E-state index contributed by atoms with van der Waals surface area (Å²) in [6, 6.07) is 9.67. The van der Waals surface area contributed by atoms with Crippen LogP contribution in [0, 0.1) is 12.8 Å². The van der Waals surface area contributed by atoms with E-state index in [1.807, 2.05) is 0 Å². The van der Waals surface area contributed by atoms with Crippen LogP contribution in [0.4, 0.5) is 13.2 Å². The molecule has 2 aromatic carbocycles. The van der Waals surface area contributed by atoms with Gasteiger partial charge in [-0.15, -0.1) is 10.2 Å². The van der Waals surface area contributed by atoms with E-state index in [0.29, 0.717) is 22.4 Å². The van der Waals surface area contributed by atoms with Gasteiger partial charge >= 0.3 is 12.1 Å². The maximum absolute atomic E-state index is 14.1. The third kappa shape index (κ3) is 4.94. The van der Waals surface area contributed by atoms with E-state index in [4.69, 9.17) is 21.1 Å². The number of carboxylic acid groups (broad SMARTS) is 1. The second-order valence-electron chi connectivity index (χ2n) is 9.47. The van der Waals surface area contributed by atoms with Crippen LogP contribution in [0.2, 0.25) is 5.02 Å². The number of carboxylic acids is 1. The molecule has 13 heteroatoms. The summed E-state index contributed by atoms with van der Waals surface area (Å²) in [7, 11) is 1.50. The molecule has 3 heterocycles. The number of amides is 1. The van der Waals surface area contributed by atoms with Gasteiger partial charge < -0.3 is 19.5 Å². The number of ether oxygens (including phenoxy) is 2. The van der Waals surface area contributed by atoms with Crippen LogP contribution in [0.3, 0.4) is 0 Å². The van der Waals surface area contributed by atoms with Gasteiger partial charge in [0.2, 0.25) is 11.7 Å². The van der Waals surface area contributed by atoms with E-state index in [2.05, 4.69) is 10.2 Å². The number of benzene rings is 2. The topological polar surface area (TPSA) is 107 Å². The summed E-state index contributed by atoms with van der Waals surface area (Å²) in [5.74, 6) is -3.09. The quantitative estimate of drug-likeness (QED) is 0.477. The number of halogens is 4. The predicted octanol–water partition coefficient (Wildman–Crippen LogP) is 4.74. The van der Waals surface area contributed by atoms with Crippen LogP contribution in [-0.4, -0.2) is 56.8 Å². The fourth-order valence-corrected chi connectivity index (χ4v) is 5.34. The summed E-state index contributed by atoms with van der Waals surface area (Å²) in [4.78, 5) is 26.1. The highest BCUT2D eigenvalue weighted by molar-refractivity contribution is 6.30. The second kappa shape index (κ2) is 10.2. The summed E-state index contributed by atoms with van der Waals surface area (Å²) in [5.41, 5.74) is 1.74. The highest BCUT2D eigenvalue weighted by Gasteiger charge is 2.44. The zero-order chi connectivity index (χ0) is 28.1. The van der Waals surface area contributed by atoms with Gasteiger partial charge in [-0.1, -0.05) is 23.7 Å². The van der Waals surface area contributed by atoms with Gasteiger partial charge in [-0.3, -0.25) is 14.2 Å². The molecule has 1 unspecified atom stereocenters. The summed E-state index contributed by atoms with van der Waals surface area (Å²) >= 11 is 6.31. The van der Waals surface area contributed by atoms with E-state index >= 15 is 0 Å². The standard InChI is InChI=1S/C26H24ClF3N4O5/c1-13-16(4-3-5-19(13)38-2)22-17-10-15(27)6-7-18(17)34-23(31-32-25(34)26(28,29)30)20(39-22)11-21(35)33-9-8-14(12-33)24(36)37/h3-7,10,14,20,22H,8-9,11-12H2,1-2H3,(H,36,37)/t14?,20-,22-/m1/s1. The summed E-state index contributed by atoms with van der Waals surface area (Å²) in [6.45, 7) is 2.03. The third-order valence-electron chi connectivity index (χ3n) is 7.12. The first-order chi connectivity index (χ1) is 18.5. The Morgan fingerprint density at radius 1 is 1.21 bits per heavy atom. The van der Waals surface area contributed by atoms with Crippen molar-refractivity contribution >= 4 is 23.5 Å². The average molecular weight is 565 g/mol. The van der Waals surface area contributed by atoms with E-state index in [-0.39, 0.29) is 42.5 Å². The van der Waals surface area contributed by atoms with Gasteiger partial charge in [-0.2, -0.15) is 13.2 Å². The van der Waals surface area contributed by atoms with Gasteiger partial charge in [0.15, 0.2) is 5.82 Å². The van der Waals surface area contributed by atoms with Crippen molar-refractivity contribution in [3.8, 4) is 11.4 Å². The molecule has 9 nitrogen and oxygen atoms in total. The number of methoxy groups -OCH3 is 1. The predicted molar refractivity (Wildman–Crippen MR) is 132 cm³/mol. The first-order valence-corrected chi connectivity index (χ1v) is 12.5. The van der Waals surface area contributed by atoms with Crippen molar-refractivity contribution in [3.63, 3.8) is 0 Å².